The molecule has 1 aromatic rings. The Morgan fingerprint density at radius 2 is 2.21 bits per heavy atom. The van der Waals surface area contributed by atoms with E-state index in [2.05, 4.69) is 11.9 Å². The molecule has 0 aliphatic carbocycles. The zero-order valence-corrected chi connectivity index (χ0v) is 11.1. The van der Waals surface area contributed by atoms with Gasteiger partial charge in [0.1, 0.15) is 17.1 Å². The summed E-state index contributed by atoms with van der Waals surface area (Å²) in [5.41, 5.74) is -0.00944. The number of amides is 2. The number of carbonyl (C=O) groups excluding carboxylic acids is 2. The van der Waals surface area contributed by atoms with Gasteiger partial charge in [-0.1, -0.05) is 6.08 Å². The fraction of sp³-hybridized carbons (Fsp3) is 0.154. The van der Waals surface area contributed by atoms with Gasteiger partial charge in [-0.25, -0.2) is 0 Å². The summed E-state index contributed by atoms with van der Waals surface area (Å²) in [6.45, 7) is 5.58. The summed E-state index contributed by atoms with van der Waals surface area (Å²) in [7, 11) is 0. The van der Waals surface area contributed by atoms with Crippen LogP contribution in [0.3, 0.4) is 0 Å². The summed E-state index contributed by atoms with van der Waals surface area (Å²) >= 11 is 4.94. The number of nitrogens with zero attached hydrogens (tertiary/aromatic N) is 1. The van der Waals surface area contributed by atoms with Gasteiger partial charge in [0.15, 0.2) is 5.11 Å². The van der Waals surface area contributed by atoms with Crippen molar-refractivity contribution in [3.05, 3.63) is 41.9 Å². The van der Waals surface area contributed by atoms with Crippen LogP contribution in [-0.4, -0.2) is 28.4 Å². The number of hydrogen-bond donors (Lipinski definition) is 1. The van der Waals surface area contributed by atoms with E-state index in [0.717, 1.165) is 0 Å². The van der Waals surface area contributed by atoms with E-state index < -0.39 is 11.8 Å². The highest BCUT2D eigenvalue weighted by Gasteiger charge is 2.32. The Morgan fingerprint density at radius 3 is 2.79 bits per heavy atom. The lowest BCUT2D eigenvalue weighted by Crippen LogP contribution is -2.53. The van der Waals surface area contributed by atoms with Crippen LogP contribution in [0.1, 0.15) is 11.5 Å². The predicted molar refractivity (Wildman–Crippen MR) is 74.1 cm³/mol. The third kappa shape index (κ3) is 2.63. The van der Waals surface area contributed by atoms with E-state index in [4.69, 9.17) is 16.6 Å². The maximum absolute atomic E-state index is 12.2. The van der Waals surface area contributed by atoms with Crippen molar-refractivity contribution in [2.75, 3.05) is 6.54 Å². The van der Waals surface area contributed by atoms with E-state index >= 15 is 0 Å². The van der Waals surface area contributed by atoms with Crippen LogP contribution >= 0.6 is 12.2 Å². The molecule has 0 spiro atoms. The third-order valence-corrected chi connectivity index (χ3v) is 2.87. The number of rotatable bonds is 3. The van der Waals surface area contributed by atoms with Crippen LogP contribution in [-0.2, 0) is 9.59 Å². The zero-order chi connectivity index (χ0) is 14.0. The van der Waals surface area contributed by atoms with Gasteiger partial charge in [0.05, 0.1) is 0 Å². The summed E-state index contributed by atoms with van der Waals surface area (Å²) in [5.74, 6) is 0.170. The van der Waals surface area contributed by atoms with Crippen LogP contribution in [0.2, 0.25) is 0 Å². The van der Waals surface area contributed by atoms with Crippen molar-refractivity contribution in [2.24, 2.45) is 0 Å². The Morgan fingerprint density at radius 1 is 1.47 bits per heavy atom. The Balaban J connectivity index is 2.35. The average molecular weight is 276 g/mol. The van der Waals surface area contributed by atoms with Gasteiger partial charge in [0, 0.05) is 6.54 Å². The summed E-state index contributed by atoms with van der Waals surface area (Å²) in [4.78, 5) is 25.2. The molecule has 2 heterocycles. The first-order valence-corrected chi connectivity index (χ1v) is 6.00. The molecule has 1 N–H and O–H groups in total. The molecule has 1 saturated heterocycles. The largest absolute Gasteiger partial charge is 0.462 e. The molecule has 0 saturated carbocycles. The standard InChI is InChI=1S/C13H12N2O3S/c1-3-6-15-12(17)10(11(16)14-13(15)19)7-9-5-4-8(2)18-9/h3-5,7H,1,6H2,2H3,(H,14,16,19). The highest BCUT2D eigenvalue weighted by molar-refractivity contribution is 7.80. The zero-order valence-electron chi connectivity index (χ0n) is 10.3. The summed E-state index contributed by atoms with van der Waals surface area (Å²) in [5, 5.41) is 2.55. The molecule has 0 bridgehead atoms. The Labute approximate surface area is 115 Å². The van der Waals surface area contributed by atoms with E-state index in [9.17, 15) is 9.59 Å². The lowest BCUT2D eigenvalue weighted by molar-refractivity contribution is -0.128. The molecule has 1 aliphatic rings. The van der Waals surface area contributed by atoms with Gasteiger partial charge in [-0.2, -0.15) is 0 Å². The van der Waals surface area contributed by atoms with E-state index in [1.807, 2.05) is 0 Å². The first kappa shape index (κ1) is 13.2. The third-order valence-electron chi connectivity index (χ3n) is 2.55. The van der Waals surface area contributed by atoms with Crippen molar-refractivity contribution < 1.29 is 14.0 Å². The first-order chi connectivity index (χ1) is 9.02. The van der Waals surface area contributed by atoms with E-state index in [0.29, 0.717) is 11.5 Å². The quantitative estimate of drug-likeness (QED) is 0.392. The molecule has 2 amide bonds. The van der Waals surface area contributed by atoms with Crippen molar-refractivity contribution >= 4 is 35.2 Å². The second kappa shape index (κ2) is 5.19. The molecule has 0 atom stereocenters. The van der Waals surface area contributed by atoms with Gasteiger partial charge >= 0.3 is 0 Å². The molecular weight excluding hydrogens is 264 g/mol. The predicted octanol–water partition coefficient (Wildman–Crippen LogP) is 1.40. The minimum Gasteiger partial charge on any atom is -0.462 e. The van der Waals surface area contributed by atoms with Crippen LogP contribution < -0.4 is 5.32 Å². The van der Waals surface area contributed by atoms with Crippen LogP contribution in [0.15, 0.2) is 34.8 Å². The lowest BCUT2D eigenvalue weighted by atomic mass is 10.1. The Kier molecular flexibility index (Phi) is 3.62. The van der Waals surface area contributed by atoms with Gasteiger partial charge in [-0.3, -0.25) is 19.8 Å². The number of nitrogens with one attached hydrogen (secondary N) is 1. The molecule has 1 aliphatic heterocycles. The van der Waals surface area contributed by atoms with Crippen molar-refractivity contribution in [1.29, 1.82) is 0 Å². The van der Waals surface area contributed by atoms with Gasteiger partial charge in [0.25, 0.3) is 11.8 Å². The molecule has 1 fully saturated rings. The maximum Gasteiger partial charge on any atom is 0.266 e. The topological polar surface area (TPSA) is 62.6 Å². The van der Waals surface area contributed by atoms with Crippen LogP contribution in [0, 0.1) is 6.92 Å². The molecule has 0 radical (unpaired) electrons. The summed E-state index contributed by atoms with van der Waals surface area (Å²) in [6.07, 6.45) is 2.94. The van der Waals surface area contributed by atoms with Gasteiger partial charge < -0.3 is 4.42 Å². The highest BCUT2D eigenvalue weighted by atomic mass is 32.1. The molecule has 5 nitrogen and oxygen atoms in total. The fourth-order valence-corrected chi connectivity index (χ4v) is 1.91. The molecule has 19 heavy (non-hydrogen) atoms. The fourth-order valence-electron chi connectivity index (χ4n) is 1.66. The van der Waals surface area contributed by atoms with Gasteiger partial charge in [-0.05, 0) is 37.4 Å². The molecule has 6 heteroatoms. The maximum atomic E-state index is 12.2. The van der Waals surface area contributed by atoms with Crippen LogP contribution in [0.4, 0.5) is 0 Å². The Hall–Kier alpha value is -2.21. The minimum atomic E-state index is -0.524. The van der Waals surface area contributed by atoms with Crippen molar-refractivity contribution in [2.45, 2.75) is 6.92 Å². The smallest absolute Gasteiger partial charge is 0.266 e. The number of thiocarbonyl (C=S) groups is 1. The molecular formula is C13H12N2O3S. The monoisotopic (exact) mass is 276 g/mol. The van der Waals surface area contributed by atoms with Crippen molar-refractivity contribution in [1.82, 2.24) is 10.2 Å². The Bertz CT molecular complexity index is 601. The number of furan rings is 1. The average Bonchev–Trinajstić information content (AvgIpc) is 2.76. The van der Waals surface area contributed by atoms with Gasteiger partial charge in [-0.15, -0.1) is 6.58 Å². The molecule has 98 valence electrons. The molecule has 0 aromatic carbocycles. The van der Waals surface area contributed by atoms with Crippen LogP contribution in [0.25, 0.3) is 6.08 Å². The molecule has 0 unspecified atom stereocenters. The van der Waals surface area contributed by atoms with Crippen molar-refractivity contribution in [3.8, 4) is 0 Å². The van der Waals surface area contributed by atoms with E-state index in [1.165, 1.54) is 17.1 Å². The number of carbonyl (C=O) groups is 2. The normalized spacial score (nSPS) is 17.8. The molecule has 2 rings (SSSR count). The molecule has 1 aromatic heterocycles. The lowest BCUT2D eigenvalue weighted by Gasteiger charge is -2.27. The summed E-state index contributed by atoms with van der Waals surface area (Å²) < 4.78 is 5.32. The van der Waals surface area contributed by atoms with Crippen molar-refractivity contribution in [3.63, 3.8) is 0 Å². The number of aryl methyl sites for hydroxylation is 1. The minimum absolute atomic E-state index is 0.00944. The second-order valence-corrected chi connectivity index (χ2v) is 4.36. The van der Waals surface area contributed by atoms with Crippen LogP contribution in [0.5, 0.6) is 0 Å². The summed E-state index contributed by atoms with van der Waals surface area (Å²) in [6, 6.07) is 3.44. The second-order valence-electron chi connectivity index (χ2n) is 3.97. The number of hydrogen-bond acceptors (Lipinski definition) is 4. The highest BCUT2D eigenvalue weighted by Crippen LogP contribution is 2.16. The first-order valence-electron chi connectivity index (χ1n) is 5.59. The SMILES string of the molecule is C=CCN1C(=O)C(=Cc2ccc(C)o2)C(=O)NC1=S. The van der Waals surface area contributed by atoms with E-state index in [1.54, 1.807) is 19.1 Å². The van der Waals surface area contributed by atoms with E-state index in [-0.39, 0.29) is 17.2 Å². The van der Waals surface area contributed by atoms with Gasteiger partial charge in [0.2, 0.25) is 0 Å².